The smallest absolute Gasteiger partial charge is 0.257 e. The van der Waals surface area contributed by atoms with Gasteiger partial charge in [0.1, 0.15) is 5.82 Å². The van der Waals surface area contributed by atoms with Crippen molar-refractivity contribution in [2.24, 2.45) is 0 Å². The lowest BCUT2D eigenvalue weighted by Gasteiger charge is -2.18. The molecule has 42 heavy (non-hydrogen) atoms. The number of aromatic amines is 1. The molecular formula is C33H27ClFN3O3S. The Kier molecular flexibility index (Phi) is 8.66. The minimum absolute atomic E-state index is 0.292. The maximum Gasteiger partial charge on any atom is 0.257 e. The molecule has 6 nitrogen and oxygen atoms in total. The molecule has 0 fully saturated rings. The molecule has 1 amide bonds. The van der Waals surface area contributed by atoms with E-state index in [2.05, 4.69) is 14.9 Å². The van der Waals surface area contributed by atoms with Crippen LogP contribution in [0, 0.1) is 5.82 Å². The van der Waals surface area contributed by atoms with Gasteiger partial charge in [0.05, 0.1) is 22.5 Å². The van der Waals surface area contributed by atoms with Crippen molar-refractivity contribution in [1.29, 1.82) is 0 Å². The van der Waals surface area contributed by atoms with Crippen molar-refractivity contribution in [1.82, 2.24) is 14.9 Å². The summed E-state index contributed by atoms with van der Waals surface area (Å²) >= 11 is 6.51. The third kappa shape index (κ3) is 6.84. The van der Waals surface area contributed by atoms with E-state index in [4.69, 9.17) is 11.6 Å². The Hall–Kier alpha value is -4.53. The van der Waals surface area contributed by atoms with Gasteiger partial charge in [0.25, 0.3) is 5.91 Å². The minimum atomic E-state index is -3.84. The van der Waals surface area contributed by atoms with Gasteiger partial charge in [0, 0.05) is 11.5 Å². The van der Waals surface area contributed by atoms with Crippen LogP contribution >= 0.6 is 11.6 Å². The molecule has 5 rings (SSSR count). The van der Waals surface area contributed by atoms with Crippen LogP contribution in [0.2, 0.25) is 5.02 Å². The largest absolute Gasteiger partial charge is 0.278 e. The second kappa shape index (κ2) is 12.5. The summed E-state index contributed by atoms with van der Waals surface area (Å²) in [6.07, 6.45) is 5.13. The van der Waals surface area contributed by atoms with E-state index < -0.39 is 21.7 Å². The predicted octanol–water partition coefficient (Wildman–Crippen LogP) is 7.38. The lowest BCUT2D eigenvalue weighted by Crippen LogP contribution is -2.30. The molecule has 0 unspecified atom stereocenters. The lowest BCUT2D eigenvalue weighted by molar-refractivity contribution is -0.114. The number of hydrogen-bond donors (Lipinski definition) is 2. The topological polar surface area (TPSA) is 91.9 Å². The maximum atomic E-state index is 13.9. The van der Waals surface area contributed by atoms with E-state index in [9.17, 15) is 17.6 Å². The zero-order valence-corrected chi connectivity index (χ0v) is 24.2. The third-order valence-corrected chi connectivity index (χ3v) is 8.26. The molecule has 0 aliphatic heterocycles. The molecule has 212 valence electrons. The SMILES string of the molecule is CC/C(=C(/c1ccc(/C=C/C(=O)NS(=O)(=O)Cc2ccccc2)cc1)c1ccc2[nH]ncc2c1)c1ccc(F)cc1Cl. The normalized spacial score (nSPS) is 12.5. The van der Waals surface area contributed by atoms with Crippen LogP contribution in [0.5, 0.6) is 0 Å². The molecule has 0 saturated heterocycles. The van der Waals surface area contributed by atoms with Crippen molar-refractivity contribution in [3.63, 3.8) is 0 Å². The highest BCUT2D eigenvalue weighted by molar-refractivity contribution is 7.89. The van der Waals surface area contributed by atoms with E-state index in [1.807, 2.05) is 49.4 Å². The summed E-state index contributed by atoms with van der Waals surface area (Å²) in [6.45, 7) is 2.02. The molecule has 0 radical (unpaired) electrons. The van der Waals surface area contributed by atoms with Crippen LogP contribution in [0.1, 0.15) is 41.2 Å². The van der Waals surface area contributed by atoms with Crippen molar-refractivity contribution in [2.75, 3.05) is 0 Å². The molecule has 4 aromatic carbocycles. The van der Waals surface area contributed by atoms with Gasteiger partial charge in [-0.1, -0.05) is 85.3 Å². The average molecular weight is 600 g/mol. The highest BCUT2D eigenvalue weighted by atomic mass is 35.5. The number of nitrogens with one attached hydrogen (secondary N) is 2. The summed E-state index contributed by atoms with van der Waals surface area (Å²) in [6, 6.07) is 26.6. The van der Waals surface area contributed by atoms with Crippen molar-refractivity contribution in [3.05, 3.63) is 142 Å². The molecule has 1 aromatic heterocycles. The van der Waals surface area contributed by atoms with Crippen molar-refractivity contribution in [3.8, 4) is 0 Å². The number of H-pyrrole nitrogens is 1. The quantitative estimate of drug-likeness (QED) is 0.137. The standard InChI is InChI=1S/C33H27ClFN3O3S/c1-2-28(29-15-14-27(35)19-30(29)34)33(25-13-16-31-26(18-25)20-36-37-31)24-11-8-22(9-12-24)10-17-32(39)38-42(40,41)21-23-6-4-3-5-7-23/h3-20H,2,21H2,1H3,(H,36,37)(H,38,39)/b17-10+,33-28+. The molecule has 2 N–H and O–H groups in total. The Balaban J connectivity index is 1.45. The fraction of sp³-hybridized carbons (Fsp3) is 0.0909. The Bertz CT molecular complexity index is 1920. The van der Waals surface area contributed by atoms with Crippen molar-refractivity contribution < 1.29 is 17.6 Å². The van der Waals surface area contributed by atoms with Gasteiger partial charge in [0.2, 0.25) is 10.0 Å². The van der Waals surface area contributed by atoms with Gasteiger partial charge in [-0.2, -0.15) is 5.10 Å². The highest BCUT2D eigenvalue weighted by Crippen LogP contribution is 2.38. The number of carbonyl (C=O) groups is 1. The van der Waals surface area contributed by atoms with Crippen molar-refractivity contribution in [2.45, 2.75) is 19.1 Å². The Morgan fingerprint density at radius 1 is 0.976 bits per heavy atom. The second-order valence-corrected chi connectivity index (χ2v) is 11.8. The van der Waals surface area contributed by atoms with Gasteiger partial charge in [-0.3, -0.25) is 9.89 Å². The van der Waals surface area contributed by atoms with Crippen LogP contribution in [-0.2, 0) is 20.6 Å². The summed E-state index contributed by atoms with van der Waals surface area (Å²) in [5.41, 5.74) is 6.62. The van der Waals surface area contributed by atoms with Crippen LogP contribution in [0.4, 0.5) is 4.39 Å². The molecule has 0 saturated carbocycles. The number of halogens is 2. The zero-order valence-electron chi connectivity index (χ0n) is 22.6. The maximum absolute atomic E-state index is 13.9. The molecule has 0 atom stereocenters. The van der Waals surface area contributed by atoms with Crippen LogP contribution < -0.4 is 4.72 Å². The molecule has 0 aliphatic rings. The van der Waals surface area contributed by atoms with E-state index in [1.54, 1.807) is 48.7 Å². The summed E-state index contributed by atoms with van der Waals surface area (Å²) in [5, 5.41) is 8.36. The molecule has 9 heteroatoms. The van der Waals surface area contributed by atoms with Gasteiger partial charge in [-0.25, -0.2) is 17.5 Å². The molecule has 0 bridgehead atoms. The Morgan fingerprint density at radius 3 is 2.43 bits per heavy atom. The zero-order chi connectivity index (χ0) is 29.7. The van der Waals surface area contributed by atoms with Gasteiger partial charge in [-0.05, 0) is 75.7 Å². The summed E-state index contributed by atoms with van der Waals surface area (Å²) in [7, 11) is -3.84. The molecule has 0 spiro atoms. The van der Waals surface area contributed by atoms with E-state index in [0.29, 0.717) is 22.6 Å². The number of aromatic nitrogens is 2. The monoisotopic (exact) mass is 599 g/mol. The summed E-state index contributed by atoms with van der Waals surface area (Å²) in [5.74, 6) is -1.43. The number of allylic oxidation sites excluding steroid dienone is 1. The van der Waals surface area contributed by atoms with Crippen LogP contribution in [0.3, 0.4) is 0 Å². The summed E-state index contributed by atoms with van der Waals surface area (Å²) < 4.78 is 40.7. The highest BCUT2D eigenvalue weighted by Gasteiger charge is 2.17. The van der Waals surface area contributed by atoms with E-state index in [1.165, 1.54) is 18.2 Å². The summed E-state index contributed by atoms with van der Waals surface area (Å²) in [4.78, 5) is 12.4. The number of nitrogens with zero attached hydrogens (tertiary/aromatic N) is 1. The Morgan fingerprint density at radius 2 is 1.71 bits per heavy atom. The number of amides is 1. The number of rotatable bonds is 9. The lowest BCUT2D eigenvalue weighted by atomic mass is 9.87. The van der Waals surface area contributed by atoms with Gasteiger partial charge >= 0.3 is 0 Å². The first-order chi connectivity index (χ1) is 20.2. The van der Waals surface area contributed by atoms with Crippen LogP contribution in [-0.4, -0.2) is 24.5 Å². The molecular weight excluding hydrogens is 573 g/mol. The number of sulfonamides is 1. The number of fused-ring (bicyclic) bond motifs is 1. The molecule has 5 aromatic rings. The van der Waals surface area contributed by atoms with Crippen LogP contribution in [0.15, 0.2) is 103 Å². The minimum Gasteiger partial charge on any atom is -0.278 e. The molecule has 1 heterocycles. The predicted molar refractivity (Wildman–Crippen MR) is 166 cm³/mol. The van der Waals surface area contributed by atoms with E-state index in [0.717, 1.165) is 38.7 Å². The average Bonchev–Trinajstić information content (AvgIpc) is 3.44. The first-order valence-corrected chi connectivity index (χ1v) is 15.2. The number of hydrogen-bond acceptors (Lipinski definition) is 4. The van der Waals surface area contributed by atoms with E-state index in [-0.39, 0.29) is 5.75 Å². The number of benzene rings is 4. The fourth-order valence-electron chi connectivity index (χ4n) is 4.80. The van der Waals surface area contributed by atoms with Gasteiger partial charge < -0.3 is 0 Å². The third-order valence-electron chi connectivity index (χ3n) is 6.72. The van der Waals surface area contributed by atoms with Gasteiger partial charge in [-0.15, -0.1) is 0 Å². The second-order valence-electron chi connectivity index (χ2n) is 9.67. The fourth-order valence-corrected chi connectivity index (χ4v) is 6.16. The number of carbonyl (C=O) groups excluding carboxylic acids is 1. The van der Waals surface area contributed by atoms with Crippen LogP contribution in [0.25, 0.3) is 28.1 Å². The van der Waals surface area contributed by atoms with E-state index >= 15 is 0 Å². The molecule has 0 aliphatic carbocycles. The first kappa shape index (κ1) is 29.0. The van der Waals surface area contributed by atoms with Gasteiger partial charge in [0.15, 0.2) is 0 Å². The first-order valence-electron chi connectivity index (χ1n) is 13.2. The van der Waals surface area contributed by atoms with Crippen molar-refractivity contribution >= 4 is 55.7 Å². The Labute approximate surface area is 248 Å².